The number of ether oxygens (including phenoxy) is 2. The van der Waals surface area contributed by atoms with E-state index in [1.54, 1.807) is 18.2 Å². The van der Waals surface area contributed by atoms with Gasteiger partial charge in [0.15, 0.2) is 35.9 Å². The van der Waals surface area contributed by atoms with E-state index in [1.165, 1.54) is 24.3 Å². The SMILES string of the molecule is CNC(=O)[C@H]1O[C@@H](n2cnc3c(NCc4cc(Cl)ccc4OCC(=O)N4CCN(c5ccccc5)CC4)ncnc32)[C@H](O)[C@@H]1N. The van der Waals surface area contributed by atoms with Crippen LogP contribution in [0.15, 0.2) is 61.2 Å². The van der Waals surface area contributed by atoms with Gasteiger partial charge in [-0.3, -0.25) is 14.2 Å². The van der Waals surface area contributed by atoms with Gasteiger partial charge in [-0.15, -0.1) is 0 Å². The zero-order chi connectivity index (χ0) is 31.5. The smallest absolute Gasteiger partial charge is 0.260 e. The Labute approximate surface area is 264 Å². The molecule has 4 heterocycles. The third kappa shape index (κ3) is 6.35. The van der Waals surface area contributed by atoms with Crippen molar-refractivity contribution in [3.8, 4) is 5.75 Å². The number of rotatable bonds is 9. The number of hydrogen-bond donors (Lipinski definition) is 4. The molecule has 2 aliphatic heterocycles. The number of aliphatic hydroxyl groups is 1. The number of carbonyl (C=O) groups is 2. The average molecular weight is 636 g/mol. The highest BCUT2D eigenvalue weighted by Crippen LogP contribution is 2.32. The topological polar surface area (TPSA) is 173 Å². The number of nitrogens with one attached hydrogen (secondary N) is 2. The minimum atomic E-state index is -1.17. The van der Waals surface area contributed by atoms with Crippen LogP contribution in [0.25, 0.3) is 11.2 Å². The second-order valence-electron chi connectivity index (χ2n) is 10.8. The summed E-state index contributed by atoms with van der Waals surface area (Å²) >= 11 is 6.31. The molecule has 2 amide bonds. The Morgan fingerprint density at radius 1 is 1.11 bits per heavy atom. The number of aromatic nitrogens is 4. The fourth-order valence-corrected chi connectivity index (χ4v) is 5.75. The molecule has 4 aromatic rings. The first-order chi connectivity index (χ1) is 21.8. The maximum Gasteiger partial charge on any atom is 0.260 e. The number of nitrogens with zero attached hydrogens (tertiary/aromatic N) is 6. The molecule has 2 saturated heterocycles. The van der Waals surface area contributed by atoms with Gasteiger partial charge in [-0.05, 0) is 30.3 Å². The van der Waals surface area contributed by atoms with Gasteiger partial charge in [-0.25, -0.2) is 15.0 Å². The van der Waals surface area contributed by atoms with Crippen LogP contribution in [0.1, 0.15) is 11.8 Å². The minimum absolute atomic E-state index is 0.0886. The number of para-hydroxylation sites is 1. The van der Waals surface area contributed by atoms with Gasteiger partial charge in [0.25, 0.3) is 11.8 Å². The molecule has 6 rings (SSSR count). The van der Waals surface area contributed by atoms with Gasteiger partial charge in [-0.2, -0.15) is 0 Å². The van der Waals surface area contributed by atoms with Crippen LogP contribution in [-0.4, -0.2) is 99.4 Å². The summed E-state index contributed by atoms with van der Waals surface area (Å²) in [6.07, 6.45) is -0.360. The first-order valence-electron chi connectivity index (χ1n) is 14.5. The van der Waals surface area contributed by atoms with Gasteiger partial charge >= 0.3 is 0 Å². The van der Waals surface area contributed by atoms with Crippen molar-refractivity contribution < 1.29 is 24.2 Å². The second-order valence-corrected chi connectivity index (χ2v) is 11.2. The highest BCUT2D eigenvalue weighted by molar-refractivity contribution is 6.30. The van der Waals surface area contributed by atoms with Crippen molar-refractivity contribution in [3.63, 3.8) is 0 Å². The molecular formula is C30H34ClN9O5. The predicted octanol–water partition coefficient (Wildman–Crippen LogP) is 1.15. The Kier molecular flexibility index (Phi) is 8.98. The third-order valence-corrected chi connectivity index (χ3v) is 8.27. The second kappa shape index (κ2) is 13.2. The summed E-state index contributed by atoms with van der Waals surface area (Å²) in [4.78, 5) is 42.3. The van der Waals surface area contributed by atoms with Crippen LogP contribution in [0.5, 0.6) is 5.75 Å². The maximum atomic E-state index is 13.0. The first-order valence-corrected chi connectivity index (χ1v) is 14.9. The highest BCUT2D eigenvalue weighted by Gasteiger charge is 2.46. The van der Waals surface area contributed by atoms with E-state index in [1.807, 2.05) is 23.1 Å². The fourth-order valence-electron chi connectivity index (χ4n) is 5.56. The normalized spacial score (nSPS) is 21.6. The summed E-state index contributed by atoms with van der Waals surface area (Å²) in [5.74, 6) is 0.402. The van der Waals surface area contributed by atoms with E-state index in [0.29, 0.717) is 46.4 Å². The predicted molar refractivity (Wildman–Crippen MR) is 167 cm³/mol. The molecule has 14 nitrogen and oxygen atoms in total. The molecule has 0 unspecified atom stereocenters. The van der Waals surface area contributed by atoms with Gasteiger partial charge in [0.1, 0.15) is 18.2 Å². The van der Waals surface area contributed by atoms with E-state index in [2.05, 4.69) is 42.6 Å². The highest BCUT2D eigenvalue weighted by atomic mass is 35.5. The average Bonchev–Trinajstić information content (AvgIpc) is 3.63. The molecule has 0 radical (unpaired) electrons. The van der Waals surface area contributed by atoms with Gasteiger partial charge < -0.3 is 40.7 Å². The number of amides is 2. The van der Waals surface area contributed by atoms with Crippen molar-refractivity contribution >= 4 is 46.1 Å². The molecule has 0 bridgehead atoms. The van der Waals surface area contributed by atoms with Gasteiger partial charge in [-0.1, -0.05) is 29.8 Å². The van der Waals surface area contributed by atoms with Crippen LogP contribution in [-0.2, 0) is 20.9 Å². The molecule has 236 valence electrons. The number of nitrogens with two attached hydrogens (primary N) is 1. The van der Waals surface area contributed by atoms with Crippen LogP contribution >= 0.6 is 11.6 Å². The van der Waals surface area contributed by atoms with E-state index < -0.39 is 30.4 Å². The van der Waals surface area contributed by atoms with Gasteiger partial charge in [0, 0.05) is 56.0 Å². The molecule has 0 aliphatic carbocycles. The lowest BCUT2D eigenvalue weighted by atomic mass is 10.1. The molecule has 5 N–H and O–H groups in total. The lowest BCUT2D eigenvalue weighted by Crippen LogP contribution is -2.50. The molecule has 0 spiro atoms. The first kappa shape index (κ1) is 30.5. The van der Waals surface area contributed by atoms with Crippen molar-refractivity contribution in [1.29, 1.82) is 0 Å². The van der Waals surface area contributed by atoms with Crippen molar-refractivity contribution in [1.82, 2.24) is 29.7 Å². The van der Waals surface area contributed by atoms with Gasteiger partial charge in [0.2, 0.25) is 0 Å². The molecule has 45 heavy (non-hydrogen) atoms. The summed E-state index contributed by atoms with van der Waals surface area (Å²) in [5.41, 5.74) is 8.71. The number of hydrogen-bond acceptors (Lipinski definition) is 11. The quantitative estimate of drug-likeness (QED) is 0.208. The zero-order valence-corrected chi connectivity index (χ0v) is 25.3. The van der Waals surface area contributed by atoms with E-state index in [0.717, 1.165) is 18.8 Å². The summed E-state index contributed by atoms with van der Waals surface area (Å²) in [6.45, 7) is 2.88. The summed E-state index contributed by atoms with van der Waals surface area (Å²) in [5, 5.41) is 17.0. The van der Waals surface area contributed by atoms with Crippen LogP contribution in [0, 0.1) is 0 Å². The number of benzene rings is 2. The molecule has 15 heteroatoms. The number of carbonyl (C=O) groups excluding carboxylic acids is 2. The van der Waals surface area contributed by atoms with Crippen LogP contribution in [0.2, 0.25) is 5.02 Å². The van der Waals surface area contributed by atoms with E-state index in [9.17, 15) is 14.7 Å². The number of aliphatic hydroxyl groups excluding tert-OH is 1. The molecule has 0 saturated carbocycles. The largest absolute Gasteiger partial charge is 0.483 e. The number of piperazine rings is 1. The van der Waals surface area contributed by atoms with Crippen molar-refractivity contribution in [2.24, 2.45) is 5.73 Å². The molecule has 2 aromatic carbocycles. The van der Waals surface area contributed by atoms with E-state index in [-0.39, 0.29) is 19.1 Å². The zero-order valence-electron chi connectivity index (χ0n) is 24.5. The lowest BCUT2D eigenvalue weighted by Gasteiger charge is -2.36. The standard InChI is InChI=1S/C30H34ClN9O5/c1-33-29(43)26-23(32)25(42)30(45-26)40-17-37-24-27(35-16-36-28(24)40)34-14-18-13-19(31)7-8-21(18)44-15-22(41)39-11-9-38(10-12-39)20-5-3-2-4-6-20/h2-8,13,16-17,23,25-26,30,42H,9-12,14-15,32H2,1H3,(H,33,43)(H,34,35,36)/t23-,25+,26-,30+/m0/s1. The van der Waals surface area contributed by atoms with E-state index >= 15 is 0 Å². The lowest BCUT2D eigenvalue weighted by molar-refractivity contribution is -0.134. The van der Waals surface area contributed by atoms with Crippen LogP contribution in [0.4, 0.5) is 11.5 Å². The fraction of sp³-hybridized carbons (Fsp3) is 0.367. The molecule has 4 atom stereocenters. The maximum absolute atomic E-state index is 13.0. The molecule has 2 aliphatic rings. The number of imidazole rings is 1. The van der Waals surface area contributed by atoms with Crippen molar-refractivity contribution in [2.75, 3.05) is 50.1 Å². The Hall–Kier alpha value is -4.50. The number of fused-ring (bicyclic) bond motifs is 1. The molecule has 2 fully saturated rings. The number of likely N-dealkylation sites (N-methyl/N-ethyl adjacent to an activating group) is 1. The van der Waals surface area contributed by atoms with Crippen LogP contribution in [0.3, 0.4) is 0 Å². The number of halogens is 1. The minimum Gasteiger partial charge on any atom is -0.483 e. The Morgan fingerprint density at radius 3 is 2.64 bits per heavy atom. The van der Waals surface area contributed by atoms with Crippen molar-refractivity contribution in [3.05, 3.63) is 71.8 Å². The van der Waals surface area contributed by atoms with Crippen LogP contribution < -0.4 is 26.0 Å². The number of anilines is 2. The van der Waals surface area contributed by atoms with E-state index in [4.69, 9.17) is 26.8 Å². The molecular weight excluding hydrogens is 602 g/mol. The summed E-state index contributed by atoms with van der Waals surface area (Å²) in [7, 11) is 1.47. The third-order valence-electron chi connectivity index (χ3n) is 8.03. The van der Waals surface area contributed by atoms with Gasteiger partial charge in [0.05, 0.1) is 12.4 Å². The van der Waals surface area contributed by atoms with Crippen molar-refractivity contribution in [2.45, 2.75) is 31.0 Å². The Balaban J connectivity index is 1.10. The Morgan fingerprint density at radius 2 is 1.89 bits per heavy atom. The molecule has 2 aromatic heterocycles. The monoisotopic (exact) mass is 635 g/mol. The summed E-state index contributed by atoms with van der Waals surface area (Å²) in [6, 6.07) is 14.4. The summed E-state index contributed by atoms with van der Waals surface area (Å²) < 4.78 is 13.3. The Bertz CT molecular complexity index is 1660.